The minimum absolute atomic E-state index is 0.0586. The number of hydrogen-bond donors (Lipinski definition) is 1. The topological polar surface area (TPSA) is 56.8 Å². The molecule has 0 aliphatic carbocycles. The summed E-state index contributed by atoms with van der Waals surface area (Å²) >= 11 is 3.39. The van der Waals surface area contributed by atoms with E-state index in [9.17, 15) is 4.79 Å². The van der Waals surface area contributed by atoms with Gasteiger partial charge in [-0.15, -0.1) is 0 Å². The number of fused-ring (bicyclic) bond motifs is 1. The second-order valence-electron chi connectivity index (χ2n) is 4.81. The van der Waals surface area contributed by atoms with E-state index in [0.29, 0.717) is 22.9 Å². The summed E-state index contributed by atoms with van der Waals surface area (Å²) in [6, 6.07) is 10.9. The fraction of sp³-hybridized carbons (Fsp3) is 0.188. The number of amides is 1. The first-order valence-corrected chi connectivity index (χ1v) is 7.49. The van der Waals surface area contributed by atoms with Crippen molar-refractivity contribution in [1.29, 1.82) is 0 Å². The molecule has 0 fully saturated rings. The molecule has 3 rings (SSSR count). The van der Waals surface area contributed by atoms with Gasteiger partial charge in [0.05, 0.1) is 0 Å². The Hall–Kier alpha value is -2.21. The van der Waals surface area contributed by atoms with Crippen LogP contribution in [0.4, 0.5) is 5.69 Å². The van der Waals surface area contributed by atoms with Crippen LogP contribution in [-0.4, -0.2) is 19.3 Å². The number of rotatable bonds is 4. The summed E-state index contributed by atoms with van der Waals surface area (Å²) in [4.78, 5) is 11.9. The first-order valence-electron chi connectivity index (χ1n) is 6.70. The highest BCUT2D eigenvalue weighted by Gasteiger charge is 2.14. The lowest BCUT2D eigenvalue weighted by atomic mass is 10.2. The van der Waals surface area contributed by atoms with Crippen LogP contribution >= 0.6 is 15.9 Å². The molecule has 1 aliphatic rings. The monoisotopic (exact) mass is 363 g/mol. The van der Waals surface area contributed by atoms with E-state index >= 15 is 0 Å². The molecule has 0 spiro atoms. The normalized spacial score (nSPS) is 12.1. The quantitative estimate of drug-likeness (QED) is 0.902. The van der Waals surface area contributed by atoms with Crippen LogP contribution in [0, 0.1) is 6.92 Å². The van der Waals surface area contributed by atoms with E-state index in [1.165, 1.54) is 0 Å². The SMILES string of the molecule is Cc1cc(Br)ccc1OCC(=O)Nc1ccc2c(c1)OCO2. The van der Waals surface area contributed by atoms with Gasteiger partial charge in [0.2, 0.25) is 6.79 Å². The number of nitrogens with one attached hydrogen (secondary N) is 1. The van der Waals surface area contributed by atoms with Gasteiger partial charge >= 0.3 is 0 Å². The molecule has 0 saturated heterocycles. The molecular formula is C16H14BrNO4. The third-order valence-corrected chi connectivity index (χ3v) is 3.65. The zero-order valence-corrected chi connectivity index (χ0v) is 13.5. The van der Waals surface area contributed by atoms with Crippen molar-refractivity contribution in [2.75, 3.05) is 18.7 Å². The Morgan fingerprint density at radius 2 is 2.05 bits per heavy atom. The molecule has 22 heavy (non-hydrogen) atoms. The summed E-state index contributed by atoms with van der Waals surface area (Å²) in [6.07, 6.45) is 0. The fourth-order valence-corrected chi connectivity index (χ4v) is 2.56. The van der Waals surface area contributed by atoms with Crippen LogP contribution in [0.25, 0.3) is 0 Å². The molecule has 0 bridgehead atoms. The summed E-state index contributed by atoms with van der Waals surface area (Å²) in [5.41, 5.74) is 1.61. The number of carbonyl (C=O) groups excluding carboxylic acids is 1. The molecule has 2 aromatic rings. The average Bonchev–Trinajstić information content (AvgIpc) is 2.94. The Morgan fingerprint density at radius 3 is 2.86 bits per heavy atom. The zero-order chi connectivity index (χ0) is 15.5. The maximum absolute atomic E-state index is 11.9. The van der Waals surface area contributed by atoms with Gasteiger partial charge in [0.1, 0.15) is 5.75 Å². The van der Waals surface area contributed by atoms with Gasteiger partial charge in [0, 0.05) is 16.2 Å². The van der Waals surface area contributed by atoms with Crippen LogP contribution < -0.4 is 19.5 Å². The van der Waals surface area contributed by atoms with Crippen LogP contribution in [0.3, 0.4) is 0 Å². The summed E-state index contributed by atoms with van der Waals surface area (Å²) in [7, 11) is 0. The molecule has 6 heteroatoms. The van der Waals surface area contributed by atoms with E-state index in [0.717, 1.165) is 10.0 Å². The van der Waals surface area contributed by atoms with Gasteiger partial charge in [0.15, 0.2) is 18.1 Å². The number of benzene rings is 2. The number of hydrogen-bond acceptors (Lipinski definition) is 4. The van der Waals surface area contributed by atoms with Gasteiger partial charge in [-0.3, -0.25) is 4.79 Å². The first kappa shape index (κ1) is 14.7. The van der Waals surface area contributed by atoms with Crippen molar-refractivity contribution in [3.05, 3.63) is 46.4 Å². The molecule has 0 unspecified atom stereocenters. The van der Waals surface area contributed by atoms with Gasteiger partial charge < -0.3 is 19.5 Å². The lowest BCUT2D eigenvalue weighted by molar-refractivity contribution is -0.118. The van der Waals surface area contributed by atoms with Crippen LogP contribution in [0.1, 0.15) is 5.56 Å². The Balaban J connectivity index is 1.58. The molecule has 1 N–H and O–H groups in total. The van der Waals surface area contributed by atoms with Gasteiger partial charge in [-0.2, -0.15) is 0 Å². The summed E-state index contributed by atoms with van der Waals surface area (Å²) < 4.78 is 17.0. The Morgan fingerprint density at radius 1 is 1.23 bits per heavy atom. The van der Waals surface area contributed by atoms with Gasteiger partial charge in [-0.25, -0.2) is 0 Å². The Kier molecular flexibility index (Phi) is 4.20. The molecule has 0 saturated carbocycles. The van der Waals surface area contributed by atoms with Crippen molar-refractivity contribution in [3.63, 3.8) is 0 Å². The molecule has 0 radical (unpaired) electrons. The standard InChI is InChI=1S/C16H14BrNO4/c1-10-6-11(17)2-4-13(10)20-8-16(19)18-12-3-5-14-15(7-12)22-9-21-14/h2-7H,8-9H2,1H3,(H,18,19). The molecule has 2 aromatic carbocycles. The van der Waals surface area contributed by atoms with E-state index in [1.54, 1.807) is 18.2 Å². The predicted octanol–water partition coefficient (Wildman–Crippen LogP) is 3.50. The predicted molar refractivity (Wildman–Crippen MR) is 85.6 cm³/mol. The number of anilines is 1. The lowest BCUT2D eigenvalue weighted by Gasteiger charge is -2.10. The molecule has 1 aliphatic heterocycles. The number of aryl methyl sites for hydroxylation is 1. The minimum Gasteiger partial charge on any atom is -0.483 e. The second-order valence-corrected chi connectivity index (χ2v) is 5.73. The van der Waals surface area contributed by atoms with E-state index < -0.39 is 0 Å². The molecule has 0 aromatic heterocycles. The molecule has 0 atom stereocenters. The highest BCUT2D eigenvalue weighted by atomic mass is 79.9. The summed E-state index contributed by atoms with van der Waals surface area (Å²) in [5.74, 6) is 1.76. The molecule has 5 nitrogen and oxygen atoms in total. The minimum atomic E-state index is -0.235. The molecule has 1 amide bonds. The third-order valence-electron chi connectivity index (χ3n) is 3.15. The largest absolute Gasteiger partial charge is 0.483 e. The Labute approximate surface area is 136 Å². The lowest BCUT2D eigenvalue weighted by Crippen LogP contribution is -2.20. The van der Waals surface area contributed by atoms with Crippen molar-refractivity contribution >= 4 is 27.5 Å². The molecular weight excluding hydrogens is 350 g/mol. The van der Waals surface area contributed by atoms with Crippen molar-refractivity contribution in [2.45, 2.75) is 6.92 Å². The van der Waals surface area contributed by atoms with Crippen molar-refractivity contribution < 1.29 is 19.0 Å². The van der Waals surface area contributed by atoms with Crippen LogP contribution in [-0.2, 0) is 4.79 Å². The van der Waals surface area contributed by atoms with Gasteiger partial charge in [-0.05, 0) is 42.8 Å². The van der Waals surface area contributed by atoms with Crippen molar-refractivity contribution in [1.82, 2.24) is 0 Å². The van der Waals surface area contributed by atoms with Crippen LogP contribution in [0.15, 0.2) is 40.9 Å². The average molecular weight is 364 g/mol. The van der Waals surface area contributed by atoms with Gasteiger partial charge in [0.25, 0.3) is 5.91 Å². The first-order chi connectivity index (χ1) is 10.6. The smallest absolute Gasteiger partial charge is 0.262 e. The number of carbonyl (C=O) groups is 1. The molecule has 1 heterocycles. The third kappa shape index (κ3) is 3.33. The highest BCUT2D eigenvalue weighted by molar-refractivity contribution is 9.10. The summed E-state index contributed by atoms with van der Waals surface area (Å²) in [5, 5.41) is 2.76. The van der Waals surface area contributed by atoms with Crippen molar-refractivity contribution in [3.8, 4) is 17.2 Å². The highest BCUT2D eigenvalue weighted by Crippen LogP contribution is 2.34. The summed E-state index contributed by atoms with van der Waals surface area (Å²) in [6.45, 7) is 2.07. The number of ether oxygens (including phenoxy) is 3. The maximum atomic E-state index is 11.9. The van der Waals surface area contributed by atoms with E-state index in [2.05, 4.69) is 21.2 Å². The van der Waals surface area contributed by atoms with E-state index in [-0.39, 0.29) is 19.3 Å². The fourth-order valence-electron chi connectivity index (χ4n) is 2.09. The second kappa shape index (κ2) is 6.27. The van der Waals surface area contributed by atoms with Crippen LogP contribution in [0.2, 0.25) is 0 Å². The molecule has 114 valence electrons. The maximum Gasteiger partial charge on any atom is 0.262 e. The van der Waals surface area contributed by atoms with E-state index in [1.807, 2.05) is 25.1 Å². The zero-order valence-electron chi connectivity index (χ0n) is 11.9. The van der Waals surface area contributed by atoms with Crippen molar-refractivity contribution in [2.24, 2.45) is 0 Å². The number of halogens is 1. The van der Waals surface area contributed by atoms with Crippen LogP contribution in [0.5, 0.6) is 17.2 Å². The van der Waals surface area contributed by atoms with Gasteiger partial charge in [-0.1, -0.05) is 15.9 Å². The Bertz CT molecular complexity index is 717. The van der Waals surface area contributed by atoms with E-state index in [4.69, 9.17) is 14.2 Å².